The number of benzene rings is 1. The number of aromatic hydroxyl groups is 1. The zero-order valence-electron chi connectivity index (χ0n) is 11.9. The molecule has 2 rings (SSSR count). The second kappa shape index (κ2) is 6.27. The van der Waals surface area contributed by atoms with Crippen molar-refractivity contribution in [3.8, 4) is 5.75 Å². The molecule has 1 aromatic carbocycles. The van der Waals surface area contributed by atoms with Gasteiger partial charge in [-0.2, -0.15) is 4.76 Å². The minimum absolute atomic E-state index is 0.0106. The fourth-order valence-electron chi connectivity index (χ4n) is 2.19. The average Bonchev–Trinajstić information content (AvgIpc) is 2.41. The predicted molar refractivity (Wildman–Crippen MR) is 81.9 cm³/mol. The number of phenolic OH excluding ortho intramolecular Hbond substituents is 1. The molecule has 1 aliphatic carbocycles. The molecule has 0 amide bonds. The lowest BCUT2D eigenvalue weighted by atomic mass is 9.90. The number of hydrogen-bond acceptors (Lipinski definition) is 5. The monoisotopic (exact) mass is 341 g/mol. The van der Waals surface area contributed by atoms with Crippen LogP contribution in [0.5, 0.6) is 5.75 Å². The topological polar surface area (TPSA) is 151 Å². The Kier molecular flexibility index (Phi) is 4.74. The normalized spacial score (nSPS) is 17.8. The van der Waals surface area contributed by atoms with Crippen LogP contribution < -0.4 is 0 Å². The van der Waals surface area contributed by atoms with E-state index in [2.05, 4.69) is 4.76 Å². The third kappa shape index (κ3) is 4.75. The molecule has 0 aromatic heterocycles. The zero-order valence-corrected chi connectivity index (χ0v) is 12.8. The summed E-state index contributed by atoms with van der Waals surface area (Å²) in [6.07, 6.45) is 1.76. The molecule has 0 saturated heterocycles. The van der Waals surface area contributed by atoms with Gasteiger partial charge in [0.15, 0.2) is 5.79 Å². The largest absolute Gasteiger partial charge is 0.508 e. The molecule has 8 nitrogen and oxygen atoms in total. The van der Waals surface area contributed by atoms with Crippen LogP contribution in [0.4, 0.5) is 0 Å². The summed E-state index contributed by atoms with van der Waals surface area (Å²) in [6, 6.07) is 5.66. The van der Waals surface area contributed by atoms with Crippen molar-refractivity contribution in [3.05, 3.63) is 53.3 Å². The Bertz CT molecular complexity index is 728. The van der Waals surface area contributed by atoms with Crippen molar-refractivity contribution in [1.82, 2.24) is 0 Å². The van der Waals surface area contributed by atoms with Gasteiger partial charge in [0.25, 0.3) is 0 Å². The summed E-state index contributed by atoms with van der Waals surface area (Å²) in [6.45, 7) is 0. The SMILES string of the molecule is O=P(O)(O)N=C1CC=C(O)C=C1C(O)(O)Cc1ccc(O)cc1. The molecule has 1 aliphatic rings. The maximum atomic E-state index is 11.1. The van der Waals surface area contributed by atoms with Crippen molar-refractivity contribution < 1.29 is 34.8 Å². The van der Waals surface area contributed by atoms with E-state index in [1.54, 1.807) is 0 Å². The van der Waals surface area contributed by atoms with E-state index in [4.69, 9.17) is 9.79 Å². The van der Waals surface area contributed by atoms with Gasteiger partial charge >= 0.3 is 7.75 Å². The van der Waals surface area contributed by atoms with Crippen molar-refractivity contribution in [2.24, 2.45) is 4.76 Å². The van der Waals surface area contributed by atoms with E-state index in [1.807, 2.05) is 0 Å². The fraction of sp³-hybridized carbons (Fsp3) is 0.214. The second-order valence-electron chi connectivity index (χ2n) is 5.11. The maximum Gasteiger partial charge on any atom is 0.448 e. The van der Waals surface area contributed by atoms with Gasteiger partial charge in [0.2, 0.25) is 0 Å². The molecule has 0 unspecified atom stereocenters. The quantitative estimate of drug-likeness (QED) is 0.352. The lowest BCUT2D eigenvalue weighted by Gasteiger charge is -2.27. The first-order valence-corrected chi connectivity index (χ1v) is 8.12. The maximum absolute atomic E-state index is 11.1. The van der Waals surface area contributed by atoms with E-state index in [9.17, 15) is 25.0 Å². The van der Waals surface area contributed by atoms with Gasteiger partial charge in [-0.15, -0.1) is 0 Å². The van der Waals surface area contributed by atoms with Gasteiger partial charge < -0.3 is 30.2 Å². The van der Waals surface area contributed by atoms with Crippen LogP contribution in [0.2, 0.25) is 0 Å². The molecule has 9 heteroatoms. The fourth-order valence-corrected chi connectivity index (χ4v) is 2.70. The van der Waals surface area contributed by atoms with Crippen LogP contribution in [0.15, 0.2) is 52.5 Å². The summed E-state index contributed by atoms with van der Waals surface area (Å²) < 4.78 is 14.3. The molecule has 23 heavy (non-hydrogen) atoms. The van der Waals surface area contributed by atoms with Gasteiger partial charge in [0.05, 0.1) is 5.71 Å². The van der Waals surface area contributed by atoms with E-state index in [-0.39, 0.29) is 35.6 Å². The molecule has 0 aliphatic heterocycles. The van der Waals surface area contributed by atoms with Crippen LogP contribution in [0.25, 0.3) is 0 Å². The van der Waals surface area contributed by atoms with Crippen molar-refractivity contribution in [2.45, 2.75) is 18.6 Å². The number of nitrogens with zero attached hydrogens (tertiary/aromatic N) is 1. The minimum Gasteiger partial charge on any atom is -0.508 e. The first-order valence-electron chi connectivity index (χ1n) is 6.56. The highest BCUT2D eigenvalue weighted by molar-refractivity contribution is 7.50. The molecule has 0 heterocycles. The molecular formula is C14H16NO7P. The molecule has 1 aromatic rings. The van der Waals surface area contributed by atoms with E-state index in [0.717, 1.165) is 6.08 Å². The van der Waals surface area contributed by atoms with Crippen molar-refractivity contribution in [3.63, 3.8) is 0 Å². The van der Waals surface area contributed by atoms with Gasteiger partial charge in [-0.25, -0.2) is 4.57 Å². The van der Waals surface area contributed by atoms with Crippen LogP contribution in [0.3, 0.4) is 0 Å². The lowest BCUT2D eigenvalue weighted by Crippen LogP contribution is -2.38. The molecule has 6 N–H and O–H groups in total. The molecular weight excluding hydrogens is 325 g/mol. The number of phenols is 1. The Morgan fingerprint density at radius 2 is 1.74 bits per heavy atom. The molecule has 0 radical (unpaired) electrons. The number of hydrogen-bond donors (Lipinski definition) is 6. The lowest BCUT2D eigenvalue weighted by molar-refractivity contribution is -0.122. The second-order valence-corrected chi connectivity index (χ2v) is 6.34. The predicted octanol–water partition coefficient (Wildman–Crippen LogP) is 0.921. The van der Waals surface area contributed by atoms with Gasteiger partial charge in [-0.3, -0.25) is 0 Å². The van der Waals surface area contributed by atoms with E-state index in [0.29, 0.717) is 5.56 Å². The molecule has 0 bridgehead atoms. The highest BCUT2D eigenvalue weighted by Gasteiger charge is 2.35. The first-order chi connectivity index (χ1) is 10.6. The summed E-state index contributed by atoms with van der Waals surface area (Å²) in [5.41, 5.74) is -0.0629. The molecule has 0 spiro atoms. The van der Waals surface area contributed by atoms with Crippen LogP contribution in [-0.2, 0) is 11.0 Å². The highest BCUT2D eigenvalue weighted by atomic mass is 31.2. The summed E-state index contributed by atoms with van der Waals surface area (Å²) in [4.78, 5) is 17.9. The first kappa shape index (κ1) is 17.4. The van der Waals surface area contributed by atoms with Gasteiger partial charge in [0.1, 0.15) is 11.5 Å². The van der Waals surface area contributed by atoms with Crippen molar-refractivity contribution in [2.75, 3.05) is 0 Å². The van der Waals surface area contributed by atoms with Crippen molar-refractivity contribution >= 4 is 13.5 Å². The van der Waals surface area contributed by atoms with E-state index < -0.39 is 13.5 Å². The summed E-state index contributed by atoms with van der Waals surface area (Å²) in [7, 11) is -4.77. The Hall–Kier alpha value is -1.96. The number of allylic oxidation sites excluding steroid dienone is 2. The van der Waals surface area contributed by atoms with Gasteiger partial charge in [0, 0.05) is 18.4 Å². The third-order valence-electron chi connectivity index (χ3n) is 3.18. The summed E-state index contributed by atoms with van der Waals surface area (Å²) >= 11 is 0. The van der Waals surface area contributed by atoms with E-state index >= 15 is 0 Å². The Morgan fingerprint density at radius 3 is 2.30 bits per heavy atom. The molecule has 0 fully saturated rings. The zero-order chi connectivity index (χ0) is 17.3. The molecule has 0 saturated carbocycles. The van der Waals surface area contributed by atoms with E-state index in [1.165, 1.54) is 30.3 Å². The molecule has 124 valence electrons. The van der Waals surface area contributed by atoms with Crippen LogP contribution in [-0.4, -0.2) is 41.7 Å². The van der Waals surface area contributed by atoms with Gasteiger partial charge in [-0.05, 0) is 29.8 Å². The standard InChI is InChI=1S/C14H16NO7P/c16-10-3-1-9(2-4-10)8-14(18,19)12-7-11(17)5-6-13(12)15-23(20,21)22/h1-5,7,16-19H,6,8H2,(H2,20,21,22). The van der Waals surface area contributed by atoms with Crippen LogP contribution >= 0.6 is 7.75 Å². The summed E-state index contributed by atoms with van der Waals surface area (Å²) in [5.74, 6) is -2.76. The third-order valence-corrected chi connectivity index (χ3v) is 3.68. The summed E-state index contributed by atoms with van der Waals surface area (Å²) in [5, 5.41) is 39.4. The van der Waals surface area contributed by atoms with Gasteiger partial charge in [-0.1, -0.05) is 12.1 Å². The molecule has 0 atom stereocenters. The number of rotatable bonds is 4. The minimum atomic E-state index is -4.77. The highest BCUT2D eigenvalue weighted by Crippen LogP contribution is 2.39. The number of aliphatic hydroxyl groups is 3. The van der Waals surface area contributed by atoms with Crippen LogP contribution in [0, 0.1) is 0 Å². The Morgan fingerprint density at radius 1 is 1.13 bits per heavy atom. The smallest absolute Gasteiger partial charge is 0.448 e. The van der Waals surface area contributed by atoms with Crippen molar-refractivity contribution in [1.29, 1.82) is 0 Å². The Balaban J connectivity index is 2.37. The Labute approximate surface area is 131 Å². The average molecular weight is 341 g/mol. The number of aliphatic hydroxyl groups excluding tert-OH is 1. The van der Waals surface area contributed by atoms with Crippen LogP contribution in [0.1, 0.15) is 12.0 Å².